The van der Waals surface area contributed by atoms with Gasteiger partial charge in [-0.3, -0.25) is 4.79 Å². The molecular formula is C17H17ClFN3O. The van der Waals surface area contributed by atoms with Crippen LogP contribution in [0.3, 0.4) is 0 Å². The van der Waals surface area contributed by atoms with Crippen LogP contribution in [0.5, 0.6) is 0 Å². The average Bonchev–Trinajstić information content (AvgIpc) is 3.02. The molecule has 1 aliphatic heterocycles. The van der Waals surface area contributed by atoms with Crippen molar-refractivity contribution in [3.63, 3.8) is 0 Å². The number of halogens is 2. The Hall–Kier alpha value is -1.95. The summed E-state index contributed by atoms with van der Waals surface area (Å²) < 4.78 is 13.7. The largest absolute Gasteiger partial charge is 0.322 e. The van der Waals surface area contributed by atoms with Crippen LogP contribution in [0.1, 0.15) is 23.6 Å². The second-order valence-corrected chi connectivity index (χ2v) is 6.09. The lowest BCUT2D eigenvalue weighted by Crippen LogP contribution is -2.39. The zero-order valence-corrected chi connectivity index (χ0v) is 13.3. The molecule has 2 aromatic rings. The third kappa shape index (κ3) is 3.69. The van der Waals surface area contributed by atoms with Gasteiger partial charge in [0.2, 0.25) is 5.91 Å². The quantitative estimate of drug-likeness (QED) is 0.807. The number of benzene rings is 2. The summed E-state index contributed by atoms with van der Waals surface area (Å²) >= 11 is 5.83. The first-order chi connectivity index (χ1) is 11.0. The van der Waals surface area contributed by atoms with Gasteiger partial charge in [-0.25, -0.2) is 15.2 Å². The molecule has 2 atom stereocenters. The van der Waals surface area contributed by atoms with E-state index in [1.54, 1.807) is 0 Å². The molecule has 0 aliphatic carbocycles. The van der Waals surface area contributed by atoms with Gasteiger partial charge in [0, 0.05) is 11.1 Å². The second-order valence-electron chi connectivity index (χ2n) is 5.65. The molecule has 1 heterocycles. The van der Waals surface area contributed by atoms with Crippen LogP contribution in [0.15, 0.2) is 42.5 Å². The van der Waals surface area contributed by atoms with Crippen LogP contribution >= 0.6 is 11.6 Å². The number of nitrogens with one attached hydrogen (secondary N) is 3. The minimum absolute atomic E-state index is 0.0376. The summed E-state index contributed by atoms with van der Waals surface area (Å²) in [4.78, 5) is 12.3. The maximum Gasteiger partial charge on any atom is 0.243 e. The standard InChI is InChI=1S/C17H17ClFN3O/c1-10-2-4-11(5-3-10)14-9-16(22-21-14)17(23)20-15-8-12(18)6-7-13(15)19/h2-8,14,16,21-22H,9H2,1H3,(H,20,23). The van der Waals surface area contributed by atoms with Crippen molar-refractivity contribution < 1.29 is 9.18 Å². The number of amides is 1. The first-order valence-electron chi connectivity index (χ1n) is 7.36. The van der Waals surface area contributed by atoms with Crippen molar-refractivity contribution in [1.29, 1.82) is 0 Å². The number of carbonyl (C=O) groups excluding carboxylic acids is 1. The summed E-state index contributed by atoms with van der Waals surface area (Å²) in [5.41, 5.74) is 8.44. The van der Waals surface area contributed by atoms with Crippen molar-refractivity contribution in [3.05, 3.63) is 64.4 Å². The third-order valence-electron chi connectivity index (χ3n) is 3.89. The lowest BCUT2D eigenvalue weighted by atomic mass is 10.0. The fourth-order valence-electron chi connectivity index (χ4n) is 2.56. The SMILES string of the molecule is Cc1ccc(C2CC(C(=O)Nc3cc(Cl)ccc3F)NN2)cc1. The van der Waals surface area contributed by atoms with Crippen molar-refractivity contribution in [2.24, 2.45) is 0 Å². The van der Waals surface area contributed by atoms with Gasteiger partial charge in [-0.1, -0.05) is 41.4 Å². The van der Waals surface area contributed by atoms with Crippen molar-refractivity contribution in [2.75, 3.05) is 5.32 Å². The average molecular weight is 334 g/mol. The van der Waals surface area contributed by atoms with Crippen LogP contribution in [0.4, 0.5) is 10.1 Å². The van der Waals surface area contributed by atoms with Crippen LogP contribution in [0, 0.1) is 12.7 Å². The number of rotatable bonds is 3. The number of aryl methyl sites for hydroxylation is 1. The van der Waals surface area contributed by atoms with Crippen molar-refractivity contribution in [2.45, 2.75) is 25.4 Å². The maximum absolute atomic E-state index is 13.7. The molecule has 0 bridgehead atoms. The molecule has 6 heteroatoms. The predicted octanol–water partition coefficient (Wildman–Crippen LogP) is 3.33. The van der Waals surface area contributed by atoms with E-state index in [0.29, 0.717) is 11.4 Å². The molecule has 2 aromatic carbocycles. The Morgan fingerprint density at radius 3 is 2.70 bits per heavy atom. The molecule has 1 aliphatic rings. The summed E-state index contributed by atoms with van der Waals surface area (Å²) in [6.07, 6.45) is 0.580. The normalized spacial score (nSPS) is 20.5. The number of hydrogen-bond acceptors (Lipinski definition) is 3. The van der Waals surface area contributed by atoms with Gasteiger partial charge < -0.3 is 5.32 Å². The summed E-state index contributed by atoms with van der Waals surface area (Å²) in [7, 11) is 0. The van der Waals surface area contributed by atoms with Gasteiger partial charge in [0.1, 0.15) is 11.9 Å². The van der Waals surface area contributed by atoms with Gasteiger partial charge in [0.15, 0.2) is 0 Å². The van der Waals surface area contributed by atoms with Gasteiger partial charge >= 0.3 is 0 Å². The summed E-state index contributed by atoms with van der Waals surface area (Å²) in [6.45, 7) is 2.03. The Bertz CT molecular complexity index is 720. The Labute approximate surface area is 139 Å². The molecule has 0 saturated carbocycles. The minimum atomic E-state index is -0.510. The van der Waals surface area contributed by atoms with E-state index in [4.69, 9.17) is 11.6 Å². The van der Waals surface area contributed by atoms with Gasteiger partial charge in [0.05, 0.1) is 5.69 Å². The third-order valence-corrected chi connectivity index (χ3v) is 4.12. The van der Waals surface area contributed by atoms with E-state index >= 15 is 0 Å². The molecule has 4 nitrogen and oxygen atoms in total. The molecule has 0 spiro atoms. The zero-order chi connectivity index (χ0) is 16.4. The van der Waals surface area contributed by atoms with Crippen LogP contribution in [-0.2, 0) is 4.79 Å². The van der Waals surface area contributed by atoms with E-state index in [-0.39, 0.29) is 17.6 Å². The Morgan fingerprint density at radius 1 is 1.22 bits per heavy atom. The van der Waals surface area contributed by atoms with E-state index in [0.717, 1.165) is 5.56 Å². The molecule has 23 heavy (non-hydrogen) atoms. The number of hydrazine groups is 1. The highest BCUT2D eigenvalue weighted by molar-refractivity contribution is 6.30. The highest BCUT2D eigenvalue weighted by atomic mass is 35.5. The lowest BCUT2D eigenvalue weighted by molar-refractivity contribution is -0.117. The summed E-state index contributed by atoms with van der Waals surface area (Å²) in [5, 5.41) is 2.95. The molecule has 0 radical (unpaired) electrons. The van der Waals surface area contributed by atoms with Crippen LogP contribution < -0.4 is 16.2 Å². The fraction of sp³-hybridized carbons (Fsp3) is 0.235. The van der Waals surface area contributed by atoms with Gasteiger partial charge in [-0.05, 0) is 37.1 Å². The first kappa shape index (κ1) is 15.9. The minimum Gasteiger partial charge on any atom is -0.322 e. The van der Waals surface area contributed by atoms with Crippen LogP contribution in [-0.4, -0.2) is 11.9 Å². The van der Waals surface area contributed by atoms with E-state index in [2.05, 4.69) is 16.2 Å². The van der Waals surface area contributed by atoms with Gasteiger partial charge in [-0.15, -0.1) is 0 Å². The summed E-state index contributed by atoms with van der Waals surface area (Å²) in [5.74, 6) is -0.808. The smallest absolute Gasteiger partial charge is 0.243 e. The fourth-order valence-corrected chi connectivity index (χ4v) is 2.73. The Balaban J connectivity index is 1.65. The molecule has 1 saturated heterocycles. The molecule has 3 rings (SSSR count). The molecule has 2 unspecified atom stereocenters. The van der Waals surface area contributed by atoms with E-state index in [1.807, 2.05) is 31.2 Å². The Morgan fingerprint density at radius 2 is 1.96 bits per heavy atom. The topological polar surface area (TPSA) is 53.2 Å². The molecule has 3 N–H and O–H groups in total. The monoisotopic (exact) mass is 333 g/mol. The van der Waals surface area contributed by atoms with Crippen LogP contribution in [0.2, 0.25) is 5.02 Å². The second kappa shape index (κ2) is 6.66. The molecule has 120 valence electrons. The first-order valence-corrected chi connectivity index (χ1v) is 7.74. The predicted molar refractivity (Wildman–Crippen MR) is 88.6 cm³/mol. The molecule has 1 amide bonds. The number of hydrogen-bond donors (Lipinski definition) is 3. The Kier molecular flexibility index (Phi) is 4.61. The highest BCUT2D eigenvalue weighted by Crippen LogP contribution is 2.24. The lowest BCUT2D eigenvalue weighted by Gasteiger charge is -2.11. The van der Waals surface area contributed by atoms with Crippen molar-refractivity contribution in [3.8, 4) is 0 Å². The van der Waals surface area contributed by atoms with Crippen molar-refractivity contribution in [1.82, 2.24) is 10.9 Å². The van der Waals surface area contributed by atoms with Gasteiger partial charge in [0.25, 0.3) is 0 Å². The van der Waals surface area contributed by atoms with E-state index in [1.165, 1.54) is 23.8 Å². The molecular weight excluding hydrogens is 317 g/mol. The van der Waals surface area contributed by atoms with E-state index < -0.39 is 11.9 Å². The highest BCUT2D eigenvalue weighted by Gasteiger charge is 2.30. The number of carbonyl (C=O) groups is 1. The van der Waals surface area contributed by atoms with Crippen LogP contribution in [0.25, 0.3) is 0 Å². The summed E-state index contributed by atoms with van der Waals surface area (Å²) in [6, 6.07) is 11.8. The molecule has 0 aromatic heterocycles. The van der Waals surface area contributed by atoms with E-state index in [9.17, 15) is 9.18 Å². The molecule has 1 fully saturated rings. The van der Waals surface area contributed by atoms with Crippen molar-refractivity contribution >= 4 is 23.2 Å². The van der Waals surface area contributed by atoms with Gasteiger partial charge in [-0.2, -0.15) is 0 Å². The maximum atomic E-state index is 13.7. The zero-order valence-electron chi connectivity index (χ0n) is 12.6. The number of anilines is 1.